The zero-order chi connectivity index (χ0) is 14.8. The second-order valence-corrected chi connectivity index (χ2v) is 8.06. The Morgan fingerprint density at radius 2 is 1.70 bits per heavy atom. The summed E-state index contributed by atoms with van der Waals surface area (Å²) < 4.78 is 0. The SMILES string of the molecule is CC(C)(C)C1CCN(CC2(C(=O)O)CCCCC2)CC1. The van der Waals surface area contributed by atoms with E-state index in [1.807, 2.05) is 0 Å². The summed E-state index contributed by atoms with van der Waals surface area (Å²) in [5, 5.41) is 9.67. The van der Waals surface area contributed by atoms with Gasteiger partial charge in [0.1, 0.15) is 0 Å². The van der Waals surface area contributed by atoms with Crippen molar-refractivity contribution in [3.05, 3.63) is 0 Å². The van der Waals surface area contributed by atoms with Crippen molar-refractivity contribution >= 4 is 5.97 Å². The Balaban J connectivity index is 1.92. The summed E-state index contributed by atoms with van der Waals surface area (Å²) in [7, 11) is 0. The van der Waals surface area contributed by atoms with Crippen molar-refractivity contribution in [2.45, 2.75) is 65.7 Å². The monoisotopic (exact) mass is 281 g/mol. The van der Waals surface area contributed by atoms with Gasteiger partial charge in [-0.25, -0.2) is 0 Å². The number of carboxylic acids is 1. The summed E-state index contributed by atoms with van der Waals surface area (Å²) in [4.78, 5) is 14.2. The maximum absolute atomic E-state index is 11.7. The average molecular weight is 281 g/mol. The number of hydrogen-bond acceptors (Lipinski definition) is 2. The molecule has 0 unspecified atom stereocenters. The van der Waals surface area contributed by atoms with Crippen molar-refractivity contribution in [1.29, 1.82) is 0 Å². The van der Waals surface area contributed by atoms with E-state index in [4.69, 9.17) is 0 Å². The lowest BCUT2D eigenvalue weighted by Crippen LogP contribution is -2.48. The van der Waals surface area contributed by atoms with E-state index in [0.29, 0.717) is 5.41 Å². The molecular weight excluding hydrogens is 250 g/mol. The molecule has 1 saturated carbocycles. The van der Waals surface area contributed by atoms with Gasteiger partial charge in [0.15, 0.2) is 0 Å². The zero-order valence-corrected chi connectivity index (χ0v) is 13.5. The molecule has 0 aromatic rings. The van der Waals surface area contributed by atoms with Gasteiger partial charge in [0.2, 0.25) is 0 Å². The first kappa shape index (κ1) is 15.8. The molecule has 0 spiro atoms. The average Bonchev–Trinajstić information content (AvgIpc) is 2.39. The molecule has 3 nitrogen and oxygen atoms in total. The van der Waals surface area contributed by atoms with Gasteiger partial charge in [-0.15, -0.1) is 0 Å². The minimum atomic E-state index is -0.560. The molecule has 116 valence electrons. The van der Waals surface area contributed by atoms with E-state index >= 15 is 0 Å². The normalized spacial score (nSPS) is 25.6. The molecule has 1 aliphatic carbocycles. The molecule has 0 amide bonds. The lowest BCUT2D eigenvalue weighted by Gasteiger charge is -2.43. The van der Waals surface area contributed by atoms with Crippen LogP contribution in [0, 0.1) is 16.7 Å². The number of rotatable bonds is 3. The van der Waals surface area contributed by atoms with Crippen molar-refractivity contribution < 1.29 is 9.90 Å². The van der Waals surface area contributed by atoms with E-state index < -0.39 is 11.4 Å². The highest BCUT2D eigenvalue weighted by Crippen LogP contribution is 2.39. The fourth-order valence-electron chi connectivity index (χ4n) is 4.05. The van der Waals surface area contributed by atoms with Gasteiger partial charge in [-0.3, -0.25) is 4.79 Å². The summed E-state index contributed by atoms with van der Waals surface area (Å²) in [6.07, 6.45) is 7.58. The van der Waals surface area contributed by atoms with E-state index in [-0.39, 0.29) is 0 Å². The Hall–Kier alpha value is -0.570. The van der Waals surface area contributed by atoms with Gasteiger partial charge in [0.05, 0.1) is 5.41 Å². The van der Waals surface area contributed by atoms with Crippen molar-refractivity contribution in [3.63, 3.8) is 0 Å². The van der Waals surface area contributed by atoms with Crippen molar-refractivity contribution in [3.8, 4) is 0 Å². The van der Waals surface area contributed by atoms with Crippen LogP contribution >= 0.6 is 0 Å². The van der Waals surface area contributed by atoms with E-state index in [1.54, 1.807) is 0 Å². The molecule has 0 aromatic heterocycles. The van der Waals surface area contributed by atoms with Crippen LogP contribution in [-0.2, 0) is 4.79 Å². The van der Waals surface area contributed by atoms with Crippen molar-refractivity contribution in [1.82, 2.24) is 4.90 Å². The molecule has 0 aromatic carbocycles. The summed E-state index contributed by atoms with van der Waals surface area (Å²) in [6.45, 7) is 9.92. The van der Waals surface area contributed by atoms with Gasteiger partial charge in [-0.1, -0.05) is 40.0 Å². The maximum Gasteiger partial charge on any atom is 0.310 e. The maximum atomic E-state index is 11.7. The van der Waals surface area contributed by atoms with Crippen LogP contribution in [0.15, 0.2) is 0 Å². The molecule has 1 saturated heterocycles. The molecule has 0 bridgehead atoms. The third-order valence-electron chi connectivity index (χ3n) is 5.60. The minimum absolute atomic E-state index is 0.390. The van der Waals surface area contributed by atoms with Gasteiger partial charge in [-0.2, -0.15) is 0 Å². The second kappa shape index (κ2) is 6.05. The van der Waals surface area contributed by atoms with Gasteiger partial charge >= 0.3 is 5.97 Å². The van der Waals surface area contributed by atoms with E-state index in [0.717, 1.165) is 51.2 Å². The summed E-state index contributed by atoms with van der Waals surface area (Å²) in [5.74, 6) is 0.223. The lowest BCUT2D eigenvalue weighted by molar-refractivity contribution is -0.153. The van der Waals surface area contributed by atoms with Crippen LogP contribution in [0.25, 0.3) is 0 Å². The van der Waals surface area contributed by atoms with E-state index in [9.17, 15) is 9.90 Å². The Labute approximate surface area is 123 Å². The number of piperidine rings is 1. The van der Waals surface area contributed by atoms with Crippen molar-refractivity contribution in [2.75, 3.05) is 19.6 Å². The zero-order valence-electron chi connectivity index (χ0n) is 13.5. The Morgan fingerprint density at radius 3 is 2.15 bits per heavy atom. The Morgan fingerprint density at radius 1 is 1.15 bits per heavy atom. The molecule has 3 heteroatoms. The third-order valence-corrected chi connectivity index (χ3v) is 5.60. The largest absolute Gasteiger partial charge is 0.481 e. The molecule has 1 aliphatic heterocycles. The number of aliphatic carboxylic acids is 1. The summed E-state index contributed by atoms with van der Waals surface area (Å²) in [5.41, 5.74) is -0.0613. The molecule has 0 radical (unpaired) electrons. The molecule has 0 atom stereocenters. The fraction of sp³-hybridized carbons (Fsp3) is 0.941. The predicted octanol–water partition coefficient (Wildman–Crippen LogP) is 3.78. The number of likely N-dealkylation sites (tertiary alicyclic amines) is 1. The standard InChI is InChI=1S/C17H31NO2/c1-16(2,3)14-7-11-18(12-8-14)13-17(15(19)20)9-5-4-6-10-17/h14H,4-13H2,1-3H3,(H,19,20). The van der Waals surface area contributed by atoms with Gasteiger partial charge in [0, 0.05) is 6.54 Å². The van der Waals surface area contributed by atoms with Crippen LogP contribution in [0.4, 0.5) is 0 Å². The van der Waals surface area contributed by atoms with Gasteiger partial charge < -0.3 is 10.0 Å². The van der Waals surface area contributed by atoms with Crippen LogP contribution in [-0.4, -0.2) is 35.6 Å². The minimum Gasteiger partial charge on any atom is -0.481 e. The van der Waals surface area contributed by atoms with Crippen LogP contribution < -0.4 is 0 Å². The highest BCUT2D eigenvalue weighted by Gasteiger charge is 2.42. The molecule has 20 heavy (non-hydrogen) atoms. The quantitative estimate of drug-likeness (QED) is 0.856. The smallest absolute Gasteiger partial charge is 0.310 e. The number of carboxylic acid groups (broad SMARTS) is 1. The molecule has 1 heterocycles. The summed E-state index contributed by atoms with van der Waals surface area (Å²) in [6, 6.07) is 0. The van der Waals surface area contributed by atoms with Crippen LogP contribution in [0.1, 0.15) is 65.7 Å². The van der Waals surface area contributed by atoms with Crippen molar-refractivity contribution in [2.24, 2.45) is 16.7 Å². The topological polar surface area (TPSA) is 40.5 Å². The lowest BCUT2D eigenvalue weighted by atomic mass is 9.72. The van der Waals surface area contributed by atoms with E-state index in [1.165, 1.54) is 19.3 Å². The first-order valence-electron chi connectivity index (χ1n) is 8.29. The van der Waals surface area contributed by atoms with Gasteiger partial charge in [-0.05, 0) is 50.1 Å². The van der Waals surface area contributed by atoms with Crippen LogP contribution in [0.2, 0.25) is 0 Å². The highest BCUT2D eigenvalue weighted by atomic mass is 16.4. The summed E-state index contributed by atoms with van der Waals surface area (Å²) >= 11 is 0. The van der Waals surface area contributed by atoms with Gasteiger partial charge in [0.25, 0.3) is 0 Å². The number of hydrogen-bond donors (Lipinski definition) is 1. The first-order valence-corrected chi connectivity index (χ1v) is 8.29. The number of nitrogens with zero attached hydrogens (tertiary/aromatic N) is 1. The molecule has 2 aliphatic rings. The molecule has 2 fully saturated rings. The number of carbonyl (C=O) groups is 1. The molecular formula is C17H31NO2. The second-order valence-electron chi connectivity index (χ2n) is 8.06. The third kappa shape index (κ3) is 3.55. The van der Waals surface area contributed by atoms with Crippen LogP contribution in [0.5, 0.6) is 0 Å². The first-order chi connectivity index (χ1) is 9.33. The predicted molar refractivity (Wildman–Crippen MR) is 81.8 cm³/mol. The molecule has 1 N–H and O–H groups in total. The Kier molecular flexibility index (Phi) is 4.78. The highest BCUT2D eigenvalue weighted by molar-refractivity contribution is 5.75. The van der Waals surface area contributed by atoms with Crippen LogP contribution in [0.3, 0.4) is 0 Å². The van der Waals surface area contributed by atoms with E-state index in [2.05, 4.69) is 25.7 Å². The fourth-order valence-corrected chi connectivity index (χ4v) is 4.05. The molecule has 2 rings (SSSR count). The Bertz CT molecular complexity index is 331.